The summed E-state index contributed by atoms with van der Waals surface area (Å²) >= 11 is 0. The molecule has 7 nitrogen and oxygen atoms in total. The van der Waals surface area contributed by atoms with Gasteiger partial charge in [-0.15, -0.1) is 5.10 Å². The summed E-state index contributed by atoms with van der Waals surface area (Å²) in [4.78, 5) is 28.3. The number of para-hydroxylation sites is 1. The molecule has 1 saturated heterocycles. The molecule has 3 aromatic rings. The maximum Gasteiger partial charge on any atom is 0.237 e. The highest BCUT2D eigenvalue weighted by molar-refractivity contribution is 5.84. The molecule has 178 valence electrons. The van der Waals surface area contributed by atoms with Gasteiger partial charge in [-0.25, -0.2) is 4.68 Å². The van der Waals surface area contributed by atoms with Crippen molar-refractivity contribution in [2.24, 2.45) is 11.7 Å². The van der Waals surface area contributed by atoms with Crippen LogP contribution in [0.2, 0.25) is 0 Å². The molecule has 0 bridgehead atoms. The standard InChI is InChI=1S/C27H33N5O2/c1-20(2)31(19-25(28)33)26(34)16-21-10-9-15-30(17-21)27-24(22-11-5-3-6-12-22)18-32(29-27)23-13-7-4-8-14-23/h3-8,11-14,18,20-21H,9-10,15-17,19H2,1-2H3,(H2,28,33). The Morgan fingerprint density at radius 2 is 1.76 bits per heavy atom. The first kappa shape index (κ1) is 23.5. The SMILES string of the molecule is CC(C)N(CC(N)=O)C(=O)CC1CCCN(c2nn(-c3ccccc3)cc2-c2ccccc2)C1. The summed E-state index contributed by atoms with van der Waals surface area (Å²) in [6.07, 6.45) is 4.46. The van der Waals surface area contributed by atoms with E-state index in [0.717, 1.165) is 48.6 Å². The van der Waals surface area contributed by atoms with Crippen LogP contribution >= 0.6 is 0 Å². The Balaban J connectivity index is 1.58. The monoisotopic (exact) mass is 459 g/mol. The van der Waals surface area contributed by atoms with Gasteiger partial charge in [-0.3, -0.25) is 9.59 Å². The second-order valence-electron chi connectivity index (χ2n) is 9.25. The predicted octanol–water partition coefficient (Wildman–Crippen LogP) is 3.87. The number of rotatable bonds is 8. The lowest BCUT2D eigenvalue weighted by atomic mass is 9.93. The fourth-order valence-corrected chi connectivity index (χ4v) is 4.65. The third kappa shape index (κ3) is 5.47. The zero-order valence-corrected chi connectivity index (χ0v) is 19.9. The molecule has 7 heteroatoms. The number of carbonyl (C=O) groups is 2. The average Bonchev–Trinajstić information content (AvgIpc) is 3.29. The van der Waals surface area contributed by atoms with Crippen LogP contribution in [-0.2, 0) is 9.59 Å². The van der Waals surface area contributed by atoms with Gasteiger partial charge >= 0.3 is 0 Å². The van der Waals surface area contributed by atoms with Crippen LogP contribution in [0.3, 0.4) is 0 Å². The van der Waals surface area contributed by atoms with Gasteiger partial charge in [0.2, 0.25) is 11.8 Å². The molecule has 1 aliphatic rings. The van der Waals surface area contributed by atoms with E-state index in [1.54, 1.807) is 4.90 Å². The molecule has 1 aromatic heterocycles. The highest BCUT2D eigenvalue weighted by atomic mass is 16.2. The molecule has 2 amide bonds. The van der Waals surface area contributed by atoms with Crippen LogP contribution < -0.4 is 10.6 Å². The first-order chi connectivity index (χ1) is 16.4. The molecule has 2 aromatic carbocycles. The molecular formula is C27H33N5O2. The summed E-state index contributed by atoms with van der Waals surface area (Å²) in [7, 11) is 0. The molecule has 1 fully saturated rings. The number of amides is 2. The number of anilines is 1. The lowest BCUT2D eigenvalue weighted by molar-refractivity contribution is -0.137. The third-order valence-corrected chi connectivity index (χ3v) is 6.35. The fourth-order valence-electron chi connectivity index (χ4n) is 4.65. The number of hydrogen-bond acceptors (Lipinski definition) is 4. The lowest BCUT2D eigenvalue weighted by Crippen LogP contribution is -2.45. The van der Waals surface area contributed by atoms with Gasteiger partial charge in [0.15, 0.2) is 5.82 Å². The lowest BCUT2D eigenvalue weighted by Gasteiger charge is -2.35. The van der Waals surface area contributed by atoms with Crippen LogP contribution in [-0.4, -0.2) is 52.2 Å². The van der Waals surface area contributed by atoms with Crippen LogP contribution in [0.4, 0.5) is 5.82 Å². The first-order valence-corrected chi connectivity index (χ1v) is 12.0. The molecule has 1 atom stereocenters. The van der Waals surface area contributed by atoms with E-state index in [2.05, 4.69) is 23.2 Å². The van der Waals surface area contributed by atoms with Gasteiger partial charge in [0.05, 0.1) is 12.2 Å². The van der Waals surface area contributed by atoms with Crippen molar-refractivity contribution in [3.05, 3.63) is 66.9 Å². The highest BCUT2D eigenvalue weighted by Gasteiger charge is 2.29. The minimum Gasteiger partial charge on any atom is -0.368 e. The zero-order valence-electron chi connectivity index (χ0n) is 19.9. The normalized spacial score (nSPS) is 16.0. The maximum absolute atomic E-state index is 13.0. The molecule has 0 radical (unpaired) electrons. The Labute approximate surface area is 201 Å². The zero-order chi connectivity index (χ0) is 24.1. The van der Waals surface area contributed by atoms with Crippen molar-refractivity contribution < 1.29 is 9.59 Å². The second-order valence-corrected chi connectivity index (χ2v) is 9.25. The molecule has 1 aliphatic heterocycles. The number of nitrogens with two attached hydrogens (primary N) is 1. The van der Waals surface area contributed by atoms with E-state index in [1.807, 2.05) is 67.1 Å². The molecular weight excluding hydrogens is 426 g/mol. The summed E-state index contributed by atoms with van der Waals surface area (Å²) in [6, 6.07) is 20.3. The summed E-state index contributed by atoms with van der Waals surface area (Å²) in [6.45, 7) is 5.44. The third-order valence-electron chi connectivity index (χ3n) is 6.35. The number of aromatic nitrogens is 2. The van der Waals surface area contributed by atoms with Crippen LogP contribution in [0.25, 0.3) is 16.8 Å². The molecule has 34 heavy (non-hydrogen) atoms. The first-order valence-electron chi connectivity index (χ1n) is 12.0. The van der Waals surface area contributed by atoms with E-state index in [0.29, 0.717) is 6.42 Å². The molecule has 0 spiro atoms. The van der Waals surface area contributed by atoms with Crippen LogP contribution in [0.15, 0.2) is 66.9 Å². The van der Waals surface area contributed by atoms with Gasteiger partial charge in [0.25, 0.3) is 0 Å². The van der Waals surface area contributed by atoms with E-state index in [9.17, 15) is 9.59 Å². The van der Waals surface area contributed by atoms with Gasteiger partial charge in [0.1, 0.15) is 0 Å². The molecule has 2 N–H and O–H groups in total. The van der Waals surface area contributed by atoms with Gasteiger partial charge < -0.3 is 15.5 Å². The molecule has 0 saturated carbocycles. The van der Waals surface area contributed by atoms with Crippen molar-refractivity contribution in [2.75, 3.05) is 24.5 Å². The van der Waals surface area contributed by atoms with Gasteiger partial charge in [0, 0.05) is 37.3 Å². The Bertz CT molecular complexity index is 1110. The number of hydrogen-bond donors (Lipinski definition) is 1. The predicted molar refractivity (Wildman–Crippen MR) is 135 cm³/mol. The van der Waals surface area contributed by atoms with E-state index < -0.39 is 5.91 Å². The molecule has 2 heterocycles. The van der Waals surface area contributed by atoms with Crippen LogP contribution in [0.1, 0.15) is 33.1 Å². The quantitative estimate of drug-likeness (QED) is 0.554. The minimum atomic E-state index is -0.480. The summed E-state index contributed by atoms with van der Waals surface area (Å²) < 4.78 is 1.93. The average molecular weight is 460 g/mol. The smallest absolute Gasteiger partial charge is 0.237 e. The summed E-state index contributed by atoms with van der Waals surface area (Å²) in [5, 5.41) is 4.98. The Kier molecular flexibility index (Phi) is 7.30. The van der Waals surface area contributed by atoms with Crippen molar-refractivity contribution in [2.45, 2.75) is 39.2 Å². The van der Waals surface area contributed by atoms with E-state index >= 15 is 0 Å². The summed E-state index contributed by atoms with van der Waals surface area (Å²) in [5.74, 6) is 0.635. The number of piperidine rings is 1. The van der Waals surface area contributed by atoms with Gasteiger partial charge in [-0.05, 0) is 50.3 Å². The topological polar surface area (TPSA) is 84.5 Å². The Morgan fingerprint density at radius 1 is 1.09 bits per heavy atom. The largest absolute Gasteiger partial charge is 0.368 e. The van der Waals surface area contributed by atoms with E-state index in [-0.39, 0.29) is 24.4 Å². The number of nitrogens with zero attached hydrogens (tertiary/aromatic N) is 4. The van der Waals surface area contributed by atoms with Gasteiger partial charge in [-0.1, -0.05) is 48.5 Å². The number of primary amides is 1. The van der Waals surface area contributed by atoms with E-state index in [1.165, 1.54) is 0 Å². The van der Waals surface area contributed by atoms with Crippen molar-refractivity contribution in [3.8, 4) is 16.8 Å². The van der Waals surface area contributed by atoms with Crippen LogP contribution in [0.5, 0.6) is 0 Å². The van der Waals surface area contributed by atoms with Crippen molar-refractivity contribution in [1.29, 1.82) is 0 Å². The highest BCUT2D eigenvalue weighted by Crippen LogP contribution is 2.34. The van der Waals surface area contributed by atoms with Crippen LogP contribution in [0, 0.1) is 5.92 Å². The second kappa shape index (κ2) is 10.5. The number of benzene rings is 2. The fraction of sp³-hybridized carbons (Fsp3) is 0.370. The van der Waals surface area contributed by atoms with Crippen molar-refractivity contribution >= 4 is 17.6 Å². The summed E-state index contributed by atoms with van der Waals surface area (Å²) in [5.41, 5.74) is 8.57. The maximum atomic E-state index is 13.0. The van der Waals surface area contributed by atoms with Gasteiger partial charge in [-0.2, -0.15) is 0 Å². The van der Waals surface area contributed by atoms with Crippen molar-refractivity contribution in [3.63, 3.8) is 0 Å². The minimum absolute atomic E-state index is 0.0150. The molecule has 1 unspecified atom stereocenters. The van der Waals surface area contributed by atoms with Crippen molar-refractivity contribution in [1.82, 2.24) is 14.7 Å². The Hall–Kier alpha value is -3.61. The number of carbonyl (C=O) groups excluding carboxylic acids is 2. The Morgan fingerprint density at radius 3 is 2.41 bits per heavy atom. The van der Waals surface area contributed by atoms with E-state index in [4.69, 9.17) is 10.8 Å². The molecule has 0 aliphatic carbocycles. The molecule has 4 rings (SSSR count).